The summed E-state index contributed by atoms with van der Waals surface area (Å²) in [6, 6.07) is 12.5. The summed E-state index contributed by atoms with van der Waals surface area (Å²) in [5.74, 6) is -1.02. The summed E-state index contributed by atoms with van der Waals surface area (Å²) in [6.45, 7) is 4.85. The lowest BCUT2D eigenvalue weighted by Gasteiger charge is -2.19. The SMILES string of the molecule is CC(C)(C)OC(=O)Nc1cccc(C(=O)OCC(=O)c2ccc(Cl)cc2)c1. The summed E-state index contributed by atoms with van der Waals surface area (Å²) in [4.78, 5) is 36.0. The Morgan fingerprint density at radius 2 is 1.67 bits per heavy atom. The third-order valence-electron chi connectivity index (χ3n) is 3.24. The molecule has 0 aliphatic carbocycles. The molecule has 1 N–H and O–H groups in total. The lowest BCUT2D eigenvalue weighted by atomic mass is 10.1. The Bertz CT molecular complexity index is 840. The number of ketones is 1. The van der Waals surface area contributed by atoms with E-state index >= 15 is 0 Å². The number of Topliss-reactive ketones (excluding diaryl/α,β-unsaturated/α-hetero) is 1. The first-order valence-corrected chi connectivity index (χ1v) is 8.58. The summed E-state index contributed by atoms with van der Waals surface area (Å²) in [6.07, 6.45) is -0.633. The fourth-order valence-electron chi connectivity index (χ4n) is 2.08. The smallest absolute Gasteiger partial charge is 0.412 e. The molecule has 0 fully saturated rings. The Kier molecular flexibility index (Phi) is 6.58. The number of hydrogen-bond acceptors (Lipinski definition) is 5. The molecule has 0 saturated carbocycles. The van der Waals surface area contributed by atoms with Crippen LogP contribution in [0.1, 0.15) is 41.5 Å². The predicted octanol–water partition coefficient (Wildman–Crippen LogP) is 4.73. The number of hydrogen-bond donors (Lipinski definition) is 1. The molecule has 2 aromatic carbocycles. The van der Waals surface area contributed by atoms with Gasteiger partial charge in [0.25, 0.3) is 0 Å². The van der Waals surface area contributed by atoms with Crippen LogP contribution in [0.5, 0.6) is 0 Å². The Morgan fingerprint density at radius 3 is 2.30 bits per heavy atom. The summed E-state index contributed by atoms with van der Waals surface area (Å²) in [5, 5.41) is 3.05. The highest BCUT2D eigenvalue weighted by Gasteiger charge is 2.17. The second-order valence-corrected chi connectivity index (χ2v) is 7.15. The van der Waals surface area contributed by atoms with Crippen LogP contribution in [-0.2, 0) is 9.47 Å². The Hall–Kier alpha value is -2.86. The fraction of sp³-hybridized carbons (Fsp3) is 0.250. The van der Waals surface area contributed by atoms with Crippen molar-refractivity contribution in [2.45, 2.75) is 26.4 Å². The minimum atomic E-state index is -0.676. The predicted molar refractivity (Wildman–Crippen MR) is 102 cm³/mol. The standard InChI is InChI=1S/C20H20ClNO5/c1-20(2,3)27-19(25)22-16-6-4-5-14(11-16)18(24)26-12-17(23)13-7-9-15(21)10-8-13/h4-11H,12H2,1-3H3,(H,22,25). The number of carbonyl (C=O) groups excluding carboxylic acids is 3. The van der Waals surface area contributed by atoms with E-state index in [0.717, 1.165) is 0 Å². The monoisotopic (exact) mass is 389 g/mol. The number of carbonyl (C=O) groups is 3. The van der Waals surface area contributed by atoms with E-state index in [1.54, 1.807) is 57.2 Å². The molecule has 0 atom stereocenters. The molecule has 0 aromatic heterocycles. The van der Waals surface area contributed by atoms with Gasteiger partial charge in [-0.25, -0.2) is 9.59 Å². The van der Waals surface area contributed by atoms with Gasteiger partial charge in [0, 0.05) is 16.3 Å². The van der Waals surface area contributed by atoms with Gasteiger partial charge in [0.2, 0.25) is 0 Å². The summed E-state index contributed by atoms with van der Waals surface area (Å²) < 4.78 is 10.2. The molecule has 2 rings (SSSR count). The normalized spacial score (nSPS) is 10.8. The van der Waals surface area contributed by atoms with E-state index in [0.29, 0.717) is 16.3 Å². The third kappa shape index (κ3) is 6.75. The van der Waals surface area contributed by atoms with Gasteiger partial charge in [-0.15, -0.1) is 0 Å². The van der Waals surface area contributed by atoms with Crippen LogP contribution in [-0.4, -0.2) is 30.1 Å². The van der Waals surface area contributed by atoms with Gasteiger partial charge in [-0.05, 0) is 63.2 Å². The van der Waals surface area contributed by atoms with Crippen LogP contribution in [0.15, 0.2) is 48.5 Å². The number of amides is 1. The maximum absolute atomic E-state index is 12.2. The van der Waals surface area contributed by atoms with Crippen LogP contribution in [0.3, 0.4) is 0 Å². The maximum Gasteiger partial charge on any atom is 0.412 e. The zero-order valence-corrected chi connectivity index (χ0v) is 16.0. The van der Waals surface area contributed by atoms with Gasteiger partial charge in [-0.1, -0.05) is 17.7 Å². The molecule has 0 aliphatic rings. The maximum atomic E-state index is 12.2. The number of nitrogens with one attached hydrogen (secondary N) is 1. The van der Waals surface area contributed by atoms with Crippen molar-refractivity contribution >= 4 is 35.1 Å². The van der Waals surface area contributed by atoms with Gasteiger partial charge < -0.3 is 9.47 Å². The first-order chi connectivity index (χ1) is 12.6. The Morgan fingerprint density at radius 1 is 1.00 bits per heavy atom. The molecule has 7 heteroatoms. The molecule has 0 unspecified atom stereocenters. The van der Waals surface area contributed by atoms with Crippen LogP contribution in [0.2, 0.25) is 5.02 Å². The van der Waals surface area contributed by atoms with E-state index in [9.17, 15) is 14.4 Å². The van der Waals surface area contributed by atoms with Gasteiger partial charge in [0.05, 0.1) is 5.56 Å². The fourth-order valence-corrected chi connectivity index (χ4v) is 2.20. The highest BCUT2D eigenvalue weighted by molar-refractivity contribution is 6.30. The first kappa shape index (κ1) is 20.5. The van der Waals surface area contributed by atoms with Gasteiger partial charge in [0.1, 0.15) is 5.60 Å². The highest BCUT2D eigenvalue weighted by atomic mass is 35.5. The highest BCUT2D eigenvalue weighted by Crippen LogP contribution is 2.15. The van der Waals surface area contributed by atoms with Crippen molar-refractivity contribution in [2.75, 3.05) is 11.9 Å². The zero-order valence-electron chi connectivity index (χ0n) is 15.2. The zero-order chi connectivity index (χ0) is 20.0. The molecule has 27 heavy (non-hydrogen) atoms. The largest absolute Gasteiger partial charge is 0.454 e. The third-order valence-corrected chi connectivity index (χ3v) is 3.50. The van der Waals surface area contributed by atoms with Crippen LogP contribution in [0.25, 0.3) is 0 Å². The second-order valence-electron chi connectivity index (χ2n) is 6.71. The van der Waals surface area contributed by atoms with E-state index in [1.165, 1.54) is 12.1 Å². The van der Waals surface area contributed by atoms with Crippen molar-refractivity contribution in [1.29, 1.82) is 0 Å². The van der Waals surface area contributed by atoms with Crippen molar-refractivity contribution in [3.05, 3.63) is 64.7 Å². The number of ether oxygens (including phenoxy) is 2. The van der Waals surface area contributed by atoms with Crippen molar-refractivity contribution in [1.82, 2.24) is 0 Å². The van der Waals surface area contributed by atoms with E-state index in [4.69, 9.17) is 21.1 Å². The van der Waals surface area contributed by atoms with Crippen molar-refractivity contribution in [3.8, 4) is 0 Å². The first-order valence-electron chi connectivity index (χ1n) is 8.20. The molecular weight excluding hydrogens is 370 g/mol. The number of benzene rings is 2. The second kappa shape index (κ2) is 8.68. The minimum absolute atomic E-state index is 0.201. The summed E-state index contributed by atoms with van der Waals surface area (Å²) >= 11 is 5.77. The lowest BCUT2D eigenvalue weighted by molar-refractivity contribution is 0.0474. The number of esters is 1. The van der Waals surface area contributed by atoms with Crippen molar-refractivity contribution in [2.24, 2.45) is 0 Å². The molecule has 0 heterocycles. The molecule has 2 aromatic rings. The van der Waals surface area contributed by atoms with Crippen LogP contribution in [0, 0.1) is 0 Å². The summed E-state index contributed by atoms with van der Waals surface area (Å²) in [7, 11) is 0. The van der Waals surface area contributed by atoms with Crippen LogP contribution >= 0.6 is 11.6 Å². The van der Waals surface area contributed by atoms with E-state index < -0.39 is 24.3 Å². The molecule has 0 spiro atoms. The van der Waals surface area contributed by atoms with E-state index in [2.05, 4.69) is 5.32 Å². The van der Waals surface area contributed by atoms with Gasteiger partial charge >= 0.3 is 12.1 Å². The minimum Gasteiger partial charge on any atom is -0.454 e. The van der Waals surface area contributed by atoms with Crippen molar-refractivity contribution in [3.63, 3.8) is 0 Å². The lowest BCUT2D eigenvalue weighted by Crippen LogP contribution is -2.27. The van der Waals surface area contributed by atoms with E-state index in [-0.39, 0.29) is 11.3 Å². The average Bonchev–Trinajstić information content (AvgIpc) is 2.58. The summed E-state index contributed by atoms with van der Waals surface area (Å²) in [5.41, 5.74) is 0.338. The van der Waals surface area contributed by atoms with E-state index in [1.807, 2.05) is 0 Å². The molecule has 6 nitrogen and oxygen atoms in total. The van der Waals surface area contributed by atoms with Gasteiger partial charge in [0.15, 0.2) is 12.4 Å². The number of halogens is 1. The molecule has 0 bridgehead atoms. The van der Waals surface area contributed by atoms with Crippen LogP contribution in [0.4, 0.5) is 10.5 Å². The van der Waals surface area contributed by atoms with Crippen molar-refractivity contribution < 1.29 is 23.9 Å². The Labute approximate surface area is 162 Å². The van der Waals surface area contributed by atoms with Gasteiger partial charge in [-0.3, -0.25) is 10.1 Å². The van der Waals surface area contributed by atoms with Crippen LogP contribution < -0.4 is 5.32 Å². The molecule has 142 valence electrons. The molecule has 1 amide bonds. The quantitative estimate of drug-likeness (QED) is 0.590. The molecule has 0 radical (unpaired) electrons. The number of anilines is 1. The van der Waals surface area contributed by atoms with Gasteiger partial charge in [-0.2, -0.15) is 0 Å². The topological polar surface area (TPSA) is 81.7 Å². The Balaban J connectivity index is 1.95. The average molecular weight is 390 g/mol. The molecule has 0 aliphatic heterocycles. The molecule has 0 saturated heterocycles. The molecular formula is C20H20ClNO5. The number of rotatable bonds is 5.